The number of hydrogen-bond donors (Lipinski definition) is 1. The summed E-state index contributed by atoms with van der Waals surface area (Å²) in [5.74, 6) is 2.39. The van der Waals surface area contributed by atoms with Gasteiger partial charge in [-0.1, -0.05) is 23.8 Å². The Hall–Kier alpha value is -0.880. The van der Waals surface area contributed by atoms with E-state index in [-0.39, 0.29) is 0 Å². The molecule has 0 unspecified atom stereocenters. The van der Waals surface area contributed by atoms with Crippen LogP contribution in [0.1, 0.15) is 12.8 Å². The number of sulfonamides is 1. The molecule has 3 atom stereocenters. The molecule has 0 amide bonds. The molecule has 0 radical (unpaired) electrons. The lowest BCUT2D eigenvalue weighted by Gasteiger charge is -2.33. The Kier molecular flexibility index (Phi) is 4.45. The van der Waals surface area contributed by atoms with Gasteiger partial charge < -0.3 is 4.90 Å². The molecule has 2 fully saturated rings. The second-order valence-corrected chi connectivity index (χ2v) is 9.73. The smallest absolute Gasteiger partial charge is 0.243 e. The van der Waals surface area contributed by atoms with Gasteiger partial charge in [0.1, 0.15) is 0 Å². The summed E-state index contributed by atoms with van der Waals surface area (Å²) in [7, 11) is -3.39. The molecule has 2 aliphatic carbocycles. The Morgan fingerprint density at radius 2 is 1.79 bits per heavy atom. The van der Waals surface area contributed by atoms with Crippen molar-refractivity contribution in [1.82, 2.24) is 4.31 Å². The van der Waals surface area contributed by atoms with Crippen LogP contribution in [-0.2, 0) is 10.0 Å². The third kappa shape index (κ3) is 3.15. The van der Waals surface area contributed by atoms with E-state index in [4.69, 9.17) is 11.6 Å². The van der Waals surface area contributed by atoms with E-state index in [1.54, 1.807) is 33.5 Å². The summed E-state index contributed by atoms with van der Waals surface area (Å²) >= 11 is 5.86. The van der Waals surface area contributed by atoms with Crippen molar-refractivity contribution in [2.75, 3.05) is 32.7 Å². The van der Waals surface area contributed by atoms with Crippen LogP contribution in [-0.4, -0.2) is 45.4 Å². The van der Waals surface area contributed by atoms with E-state index in [0.717, 1.165) is 30.8 Å². The third-order valence-electron chi connectivity index (χ3n) is 5.85. The summed E-state index contributed by atoms with van der Waals surface area (Å²) in [6, 6.07) is 6.47. The molecule has 1 N–H and O–H groups in total. The zero-order chi connectivity index (χ0) is 16.7. The average Bonchev–Trinajstić information content (AvgIpc) is 3.19. The van der Waals surface area contributed by atoms with Gasteiger partial charge in [0, 0.05) is 10.9 Å². The van der Waals surface area contributed by atoms with E-state index in [1.807, 2.05) is 0 Å². The maximum atomic E-state index is 12.7. The van der Waals surface area contributed by atoms with Crippen molar-refractivity contribution in [2.45, 2.75) is 17.7 Å². The largest absolute Gasteiger partial charge is 0.332 e. The molecule has 4 nitrogen and oxygen atoms in total. The standard InChI is InChI=1S/C18H23ClN2O2S/c19-17-3-5-18(6-4-17)24(22,23)21-9-7-20(8-10-21)13-16-12-14-1-2-15(16)11-14/h1-6,14-16H,7-13H2/p+1/t14-,15+,16+/m1/s1. The normalized spacial score (nSPS) is 31.0. The van der Waals surface area contributed by atoms with Crippen LogP contribution in [0.5, 0.6) is 0 Å². The van der Waals surface area contributed by atoms with Crippen molar-refractivity contribution in [2.24, 2.45) is 17.8 Å². The fraction of sp³-hybridized carbons (Fsp3) is 0.556. The van der Waals surface area contributed by atoms with Gasteiger partial charge in [-0.2, -0.15) is 4.31 Å². The maximum Gasteiger partial charge on any atom is 0.243 e. The monoisotopic (exact) mass is 367 g/mol. The molecule has 3 aliphatic rings. The lowest BCUT2D eigenvalue weighted by molar-refractivity contribution is -0.907. The molecule has 0 spiro atoms. The Balaban J connectivity index is 1.35. The van der Waals surface area contributed by atoms with Gasteiger partial charge in [-0.15, -0.1) is 0 Å². The van der Waals surface area contributed by atoms with E-state index in [1.165, 1.54) is 19.4 Å². The number of nitrogens with zero attached hydrogens (tertiary/aromatic N) is 1. The average molecular weight is 368 g/mol. The number of rotatable bonds is 4. The second-order valence-electron chi connectivity index (χ2n) is 7.35. The molecule has 1 saturated carbocycles. The van der Waals surface area contributed by atoms with Crippen molar-refractivity contribution in [3.05, 3.63) is 41.4 Å². The van der Waals surface area contributed by atoms with E-state index < -0.39 is 10.0 Å². The molecule has 2 bridgehead atoms. The maximum absolute atomic E-state index is 12.7. The lowest BCUT2D eigenvalue weighted by atomic mass is 9.93. The van der Waals surface area contributed by atoms with Crippen LogP contribution in [0.3, 0.4) is 0 Å². The number of allylic oxidation sites excluding steroid dienone is 2. The van der Waals surface area contributed by atoms with Gasteiger partial charge in [0.15, 0.2) is 0 Å². The highest BCUT2D eigenvalue weighted by Crippen LogP contribution is 2.42. The van der Waals surface area contributed by atoms with Gasteiger partial charge in [-0.3, -0.25) is 0 Å². The van der Waals surface area contributed by atoms with Gasteiger partial charge in [-0.25, -0.2) is 8.42 Å². The summed E-state index contributed by atoms with van der Waals surface area (Å²) in [6.45, 7) is 4.23. The molecule has 1 aliphatic heterocycles. The predicted octanol–water partition coefficient (Wildman–Crippen LogP) is 1.44. The molecular weight excluding hydrogens is 344 g/mol. The number of nitrogens with one attached hydrogen (secondary N) is 1. The molecule has 1 aromatic carbocycles. The first-order chi connectivity index (χ1) is 11.5. The number of benzene rings is 1. The van der Waals surface area contributed by atoms with Crippen molar-refractivity contribution in [3.63, 3.8) is 0 Å². The van der Waals surface area contributed by atoms with E-state index in [9.17, 15) is 8.42 Å². The Morgan fingerprint density at radius 3 is 2.38 bits per heavy atom. The highest BCUT2D eigenvalue weighted by atomic mass is 35.5. The number of piperazine rings is 1. The zero-order valence-corrected chi connectivity index (χ0v) is 15.3. The SMILES string of the molecule is O=S(=O)(c1ccc(Cl)cc1)N1CC[NH+](C[C@@H]2C[C@@H]3C=C[C@H]2C3)CC1. The molecular formula is C18H24ClN2O2S+. The summed E-state index contributed by atoms with van der Waals surface area (Å²) in [6.07, 6.45) is 7.46. The lowest BCUT2D eigenvalue weighted by Crippen LogP contribution is -3.15. The van der Waals surface area contributed by atoms with Crippen LogP contribution in [0.25, 0.3) is 0 Å². The summed E-state index contributed by atoms with van der Waals surface area (Å²) < 4.78 is 27.1. The van der Waals surface area contributed by atoms with Crippen molar-refractivity contribution < 1.29 is 13.3 Å². The van der Waals surface area contributed by atoms with E-state index >= 15 is 0 Å². The molecule has 4 rings (SSSR count). The van der Waals surface area contributed by atoms with Crippen molar-refractivity contribution >= 4 is 21.6 Å². The molecule has 1 aromatic rings. The van der Waals surface area contributed by atoms with Crippen LogP contribution in [0, 0.1) is 17.8 Å². The first kappa shape index (κ1) is 16.6. The third-order valence-corrected chi connectivity index (χ3v) is 8.01. The van der Waals surface area contributed by atoms with Gasteiger partial charge in [0.25, 0.3) is 0 Å². The minimum atomic E-state index is -3.39. The minimum absolute atomic E-state index is 0.341. The highest BCUT2D eigenvalue weighted by Gasteiger charge is 2.39. The van der Waals surface area contributed by atoms with E-state index in [0.29, 0.717) is 23.0 Å². The fourth-order valence-electron chi connectivity index (χ4n) is 4.50. The summed E-state index contributed by atoms with van der Waals surface area (Å²) in [4.78, 5) is 1.90. The van der Waals surface area contributed by atoms with Gasteiger partial charge in [-0.05, 0) is 48.9 Å². The first-order valence-electron chi connectivity index (χ1n) is 8.80. The van der Waals surface area contributed by atoms with E-state index in [2.05, 4.69) is 12.2 Å². The minimum Gasteiger partial charge on any atom is -0.332 e. The van der Waals surface area contributed by atoms with Gasteiger partial charge >= 0.3 is 0 Å². The van der Waals surface area contributed by atoms with Crippen LogP contribution in [0.15, 0.2) is 41.3 Å². The molecule has 1 heterocycles. The Labute approximate surface area is 149 Å². The molecule has 1 saturated heterocycles. The van der Waals surface area contributed by atoms with Crippen molar-refractivity contribution in [3.8, 4) is 0 Å². The van der Waals surface area contributed by atoms with Gasteiger partial charge in [0.2, 0.25) is 10.0 Å². The first-order valence-corrected chi connectivity index (χ1v) is 10.6. The van der Waals surface area contributed by atoms with Crippen molar-refractivity contribution in [1.29, 1.82) is 0 Å². The van der Waals surface area contributed by atoms with Gasteiger partial charge in [0.05, 0.1) is 37.6 Å². The number of halogens is 1. The summed E-state index contributed by atoms with van der Waals surface area (Å²) in [5.41, 5.74) is 0. The Morgan fingerprint density at radius 1 is 1.08 bits per heavy atom. The predicted molar refractivity (Wildman–Crippen MR) is 94.6 cm³/mol. The Bertz CT molecular complexity index is 724. The summed E-state index contributed by atoms with van der Waals surface area (Å²) in [5, 5.41) is 0.558. The molecule has 6 heteroatoms. The van der Waals surface area contributed by atoms with Crippen LogP contribution >= 0.6 is 11.6 Å². The van der Waals surface area contributed by atoms with Crippen LogP contribution in [0.2, 0.25) is 5.02 Å². The molecule has 0 aromatic heterocycles. The zero-order valence-electron chi connectivity index (χ0n) is 13.7. The number of hydrogen-bond acceptors (Lipinski definition) is 2. The number of fused-ring (bicyclic) bond motifs is 2. The highest BCUT2D eigenvalue weighted by molar-refractivity contribution is 7.89. The quantitative estimate of drug-likeness (QED) is 0.818. The number of quaternary nitrogens is 1. The van der Waals surface area contributed by atoms with Crippen LogP contribution < -0.4 is 4.90 Å². The van der Waals surface area contributed by atoms with Crippen LogP contribution in [0.4, 0.5) is 0 Å². The topological polar surface area (TPSA) is 41.8 Å². The molecule has 130 valence electrons. The molecule has 24 heavy (non-hydrogen) atoms. The fourth-order valence-corrected chi connectivity index (χ4v) is 6.07. The second kappa shape index (κ2) is 6.45.